The van der Waals surface area contributed by atoms with Crippen LogP contribution in [-0.4, -0.2) is 19.0 Å². The number of ether oxygens (including phenoxy) is 1. The molecule has 0 atom stereocenters. The minimum absolute atomic E-state index is 0. The Balaban J connectivity index is 0.00000162. The van der Waals surface area contributed by atoms with E-state index in [0.717, 1.165) is 0 Å². The van der Waals surface area contributed by atoms with Gasteiger partial charge in [0.1, 0.15) is 18.2 Å². The van der Waals surface area contributed by atoms with Gasteiger partial charge in [-0.15, -0.1) is 0 Å². The molecule has 1 aromatic rings. The van der Waals surface area contributed by atoms with Gasteiger partial charge in [-0.25, -0.2) is 4.39 Å². The molecule has 0 unspecified atom stereocenters. The summed E-state index contributed by atoms with van der Waals surface area (Å²) in [4.78, 5) is 0. The number of rotatable bonds is 2. The molecular formula is C9H10ClFN5OPd-. The van der Waals surface area contributed by atoms with Gasteiger partial charge in [0, 0.05) is 33.0 Å². The van der Waals surface area contributed by atoms with E-state index in [1.165, 1.54) is 6.07 Å². The van der Waals surface area contributed by atoms with Crippen LogP contribution in [0.1, 0.15) is 5.56 Å². The smallest absolute Gasteiger partial charge is 0.155 e. The zero-order valence-corrected chi connectivity index (χ0v) is 11.3. The second-order valence-electron chi connectivity index (χ2n) is 3.30. The summed E-state index contributed by atoms with van der Waals surface area (Å²) in [6.07, 6.45) is 0. The topological polar surface area (TPSA) is 99.8 Å². The summed E-state index contributed by atoms with van der Waals surface area (Å²) >= 11 is 5.74. The van der Waals surface area contributed by atoms with E-state index in [1.807, 2.05) is 0 Å². The summed E-state index contributed by atoms with van der Waals surface area (Å²) in [7, 11) is 0. The maximum atomic E-state index is 13.9. The number of benzene rings is 1. The molecule has 1 aliphatic heterocycles. The molecule has 0 amide bonds. The van der Waals surface area contributed by atoms with Gasteiger partial charge < -0.3 is 32.3 Å². The van der Waals surface area contributed by atoms with E-state index >= 15 is 0 Å². The van der Waals surface area contributed by atoms with Gasteiger partial charge in [0.05, 0.1) is 16.3 Å². The van der Waals surface area contributed by atoms with Crippen LogP contribution in [0.25, 0.3) is 5.53 Å². The van der Waals surface area contributed by atoms with Gasteiger partial charge in [-0.2, -0.15) is 0 Å². The average molecular weight is 365 g/mol. The molecule has 18 heavy (non-hydrogen) atoms. The van der Waals surface area contributed by atoms with Gasteiger partial charge in [-0.3, -0.25) is 0 Å². The van der Waals surface area contributed by atoms with Crippen LogP contribution in [0.5, 0.6) is 5.75 Å². The quantitative estimate of drug-likeness (QED) is 0.241. The van der Waals surface area contributed by atoms with E-state index in [1.54, 1.807) is 0 Å². The fourth-order valence-electron chi connectivity index (χ4n) is 1.58. The first-order chi connectivity index (χ1) is 8.15. The van der Waals surface area contributed by atoms with Crippen molar-refractivity contribution in [2.24, 2.45) is 16.7 Å². The molecule has 0 saturated carbocycles. The summed E-state index contributed by atoms with van der Waals surface area (Å²) in [5.41, 5.74) is 9.02. The minimum atomic E-state index is -0.687. The summed E-state index contributed by atoms with van der Waals surface area (Å²) in [6, 6.07) is 1.38. The molecule has 2 rings (SSSR count). The molecular weight excluding hydrogens is 355 g/mol. The van der Waals surface area contributed by atoms with Crippen molar-refractivity contribution in [3.05, 3.63) is 28.0 Å². The molecule has 0 radical (unpaired) electrons. The number of fused-ring (bicyclic) bond motifs is 1. The molecule has 1 aliphatic rings. The van der Waals surface area contributed by atoms with Gasteiger partial charge in [0.2, 0.25) is 0 Å². The number of halogens is 2. The van der Waals surface area contributed by atoms with Crippen LogP contribution in [0.15, 0.2) is 11.2 Å². The van der Waals surface area contributed by atoms with E-state index in [-0.39, 0.29) is 36.8 Å². The number of hydrogen-bond acceptors (Lipinski definition) is 4. The number of nitrogens with one attached hydrogen (secondary N) is 1. The van der Waals surface area contributed by atoms with Crippen molar-refractivity contribution < 1.29 is 29.6 Å². The van der Waals surface area contributed by atoms with E-state index in [0.29, 0.717) is 24.6 Å². The summed E-state index contributed by atoms with van der Waals surface area (Å²) in [5, 5.41) is 6.28. The van der Waals surface area contributed by atoms with Crippen LogP contribution in [-0.2, 0) is 20.4 Å². The second-order valence-corrected chi connectivity index (χ2v) is 3.70. The van der Waals surface area contributed by atoms with Crippen LogP contribution >= 0.6 is 11.6 Å². The SMILES string of the molecule is N[N-]/N=C(\N)c1c(F)c(Cl)cc2c1NCCO2.[Pd]. The zero-order chi connectivity index (χ0) is 12.4. The van der Waals surface area contributed by atoms with Gasteiger partial charge in [-0.05, 0) is 0 Å². The van der Waals surface area contributed by atoms with Crippen LogP contribution in [0.3, 0.4) is 0 Å². The molecule has 6 nitrogen and oxygen atoms in total. The maximum Gasteiger partial charge on any atom is 0.155 e. The molecule has 0 aliphatic carbocycles. The zero-order valence-electron chi connectivity index (χ0n) is 9.02. The maximum absolute atomic E-state index is 13.9. The summed E-state index contributed by atoms with van der Waals surface area (Å²) in [5.74, 6) is 4.45. The summed E-state index contributed by atoms with van der Waals surface area (Å²) < 4.78 is 19.2. The first kappa shape index (κ1) is 15.0. The Kier molecular flexibility index (Phi) is 5.17. The second kappa shape index (κ2) is 6.20. The third-order valence-electron chi connectivity index (χ3n) is 2.27. The van der Waals surface area contributed by atoms with Crippen LogP contribution in [0.2, 0.25) is 5.02 Å². The first-order valence-corrected chi connectivity index (χ1v) is 5.15. The van der Waals surface area contributed by atoms with Crippen molar-refractivity contribution in [1.29, 1.82) is 0 Å². The standard InChI is InChI=1S/C9H10ClFN5O.Pd/c10-4-3-5-8(14-1-2-17-5)6(7(4)11)9(12)15-16-13;/h3,14H,1-2,13H2,(H2,12,15);/q-1;. The van der Waals surface area contributed by atoms with E-state index in [2.05, 4.69) is 16.0 Å². The number of hydrogen-bond donors (Lipinski definition) is 3. The van der Waals surface area contributed by atoms with E-state index in [4.69, 9.17) is 27.9 Å². The van der Waals surface area contributed by atoms with Crippen molar-refractivity contribution in [2.75, 3.05) is 18.5 Å². The largest absolute Gasteiger partial charge is 0.541 e. The number of nitrogens with two attached hydrogens (primary N) is 2. The van der Waals surface area contributed by atoms with Crippen molar-refractivity contribution in [3.63, 3.8) is 0 Å². The van der Waals surface area contributed by atoms with Gasteiger partial charge in [0.25, 0.3) is 0 Å². The average Bonchev–Trinajstić information content (AvgIpc) is 2.31. The summed E-state index contributed by atoms with van der Waals surface area (Å²) in [6.45, 7) is 1.00. The third kappa shape index (κ3) is 2.67. The first-order valence-electron chi connectivity index (χ1n) is 4.77. The van der Waals surface area contributed by atoms with E-state index < -0.39 is 5.82 Å². The van der Waals surface area contributed by atoms with Crippen molar-refractivity contribution in [1.82, 2.24) is 0 Å². The molecule has 5 N–H and O–H groups in total. The molecule has 9 heteroatoms. The number of nitrogens with zero attached hydrogens (tertiary/aromatic N) is 2. The normalized spacial score (nSPS) is 13.8. The Morgan fingerprint density at radius 1 is 1.61 bits per heavy atom. The molecule has 0 aromatic heterocycles. The third-order valence-corrected chi connectivity index (χ3v) is 2.54. The Labute approximate surface area is 121 Å². The van der Waals surface area contributed by atoms with Crippen LogP contribution < -0.4 is 21.6 Å². The minimum Gasteiger partial charge on any atom is -0.541 e. The van der Waals surface area contributed by atoms with Gasteiger partial charge in [-0.1, -0.05) is 11.6 Å². The van der Waals surface area contributed by atoms with Crippen LogP contribution in [0, 0.1) is 5.82 Å². The molecule has 102 valence electrons. The predicted octanol–water partition coefficient (Wildman–Crippen LogP) is 1.15. The Morgan fingerprint density at radius 2 is 2.33 bits per heavy atom. The van der Waals surface area contributed by atoms with Gasteiger partial charge >= 0.3 is 0 Å². The fraction of sp³-hybridized carbons (Fsp3) is 0.222. The molecule has 0 saturated heterocycles. The predicted molar refractivity (Wildman–Crippen MR) is 63.7 cm³/mol. The monoisotopic (exact) mass is 364 g/mol. The molecule has 1 heterocycles. The Hall–Kier alpha value is -1.07. The van der Waals surface area contributed by atoms with Crippen molar-refractivity contribution >= 4 is 23.1 Å². The van der Waals surface area contributed by atoms with Crippen molar-refractivity contribution in [2.45, 2.75) is 0 Å². The Bertz CT molecular complexity index is 485. The van der Waals surface area contributed by atoms with Crippen molar-refractivity contribution in [3.8, 4) is 5.75 Å². The van der Waals surface area contributed by atoms with E-state index in [9.17, 15) is 4.39 Å². The fourth-order valence-corrected chi connectivity index (χ4v) is 1.78. The number of amidine groups is 1. The molecule has 0 bridgehead atoms. The number of anilines is 1. The van der Waals surface area contributed by atoms with Crippen LogP contribution in [0.4, 0.5) is 10.1 Å². The molecule has 0 fully saturated rings. The Morgan fingerprint density at radius 3 is 3.00 bits per heavy atom. The van der Waals surface area contributed by atoms with Gasteiger partial charge in [0.15, 0.2) is 5.82 Å². The molecule has 0 spiro atoms. The molecule has 1 aromatic carbocycles.